The van der Waals surface area contributed by atoms with Crippen LogP contribution in [0.2, 0.25) is 0 Å². The highest BCUT2D eigenvalue weighted by Crippen LogP contribution is 2.35. The molecule has 1 aromatic heterocycles. The van der Waals surface area contributed by atoms with Gasteiger partial charge in [-0.05, 0) is 42.5 Å². The molecule has 184 valence electrons. The molecule has 0 spiro atoms. The van der Waals surface area contributed by atoms with E-state index in [2.05, 4.69) is 20.5 Å². The number of nitrogens with one attached hydrogen (secondary N) is 1. The van der Waals surface area contributed by atoms with Gasteiger partial charge in [-0.2, -0.15) is 18.3 Å². The Kier molecular flexibility index (Phi) is 6.66. The van der Waals surface area contributed by atoms with E-state index in [4.69, 9.17) is 5.11 Å². The lowest BCUT2D eigenvalue weighted by Crippen LogP contribution is -2.05. The molecule has 0 saturated carbocycles. The summed E-state index contributed by atoms with van der Waals surface area (Å²) in [7, 11) is 0. The molecule has 0 unspecified atom stereocenters. The van der Waals surface area contributed by atoms with Gasteiger partial charge in [-0.25, -0.2) is 18.6 Å². The van der Waals surface area contributed by atoms with Crippen LogP contribution in [0.15, 0.2) is 70.2 Å². The van der Waals surface area contributed by atoms with Crippen LogP contribution in [0.5, 0.6) is 5.75 Å². The fraction of sp³-hybridized carbons (Fsp3) is 0.0435. The Morgan fingerprint density at radius 2 is 1.78 bits per heavy atom. The summed E-state index contributed by atoms with van der Waals surface area (Å²) in [6, 6.07) is 9.42. The van der Waals surface area contributed by atoms with Gasteiger partial charge in [0, 0.05) is 22.7 Å². The highest BCUT2D eigenvalue weighted by Gasteiger charge is 2.30. The van der Waals surface area contributed by atoms with Crippen molar-refractivity contribution in [3.05, 3.63) is 82.7 Å². The summed E-state index contributed by atoms with van der Waals surface area (Å²) in [5.41, 5.74) is -1.62. The number of alkyl halides is 3. The van der Waals surface area contributed by atoms with Crippen LogP contribution < -0.4 is 5.32 Å². The van der Waals surface area contributed by atoms with E-state index in [9.17, 15) is 31.9 Å². The van der Waals surface area contributed by atoms with E-state index in [1.54, 1.807) is 0 Å². The van der Waals surface area contributed by atoms with E-state index in [-0.39, 0.29) is 33.5 Å². The van der Waals surface area contributed by atoms with Crippen molar-refractivity contribution in [3.8, 4) is 17.0 Å². The minimum Gasteiger partial charge on any atom is -0.507 e. The number of nitrogens with zero attached hydrogens (tertiary/aromatic N) is 3. The van der Waals surface area contributed by atoms with Crippen LogP contribution in [0, 0.1) is 11.6 Å². The first kappa shape index (κ1) is 24.7. The largest absolute Gasteiger partial charge is 0.507 e. The summed E-state index contributed by atoms with van der Waals surface area (Å²) in [4.78, 5) is 15.3. The molecule has 3 aromatic carbocycles. The molecular formula is C23H13F5N4O3S. The number of carbonyl (C=O) groups is 1. The second kappa shape index (κ2) is 9.70. The molecule has 1 heterocycles. The number of aromatic carboxylic acids is 1. The summed E-state index contributed by atoms with van der Waals surface area (Å²) in [6.45, 7) is 0. The minimum absolute atomic E-state index is 0.00305. The van der Waals surface area contributed by atoms with Gasteiger partial charge in [0.05, 0.1) is 16.9 Å². The number of azo groups is 1. The van der Waals surface area contributed by atoms with E-state index in [1.807, 2.05) is 0 Å². The Hall–Kier alpha value is -4.39. The van der Waals surface area contributed by atoms with Gasteiger partial charge in [0.25, 0.3) is 0 Å². The Bertz CT molecular complexity index is 1490. The van der Waals surface area contributed by atoms with Gasteiger partial charge in [-0.1, -0.05) is 6.07 Å². The van der Waals surface area contributed by atoms with Crippen molar-refractivity contribution >= 4 is 39.5 Å². The molecule has 36 heavy (non-hydrogen) atoms. The molecule has 0 aliphatic carbocycles. The second-order valence-electron chi connectivity index (χ2n) is 7.23. The first-order valence-electron chi connectivity index (χ1n) is 9.88. The number of halogens is 5. The molecule has 0 bridgehead atoms. The van der Waals surface area contributed by atoms with Gasteiger partial charge in [-0.3, -0.25) is 0 Å². The normalized spacial score (nSPS) is 11.7. The van der Waals surface area contributed by atoms with Crippen LogP contribution in [0.3, 0.4) is 0 Å². The van der Waals surface area contributed by atoms with E-state index >= 15 is 0 Å². The minimum atomic E-state index is -4.52. The molecule has 4 rings (SSSR count). The van der Waals surface area contributed by atoms with Crippen molar-refractivity contribution in [1.29, 1.82) is 0 Å². The maximum absolute atomic E-state index is 14.5. The van der Waals surface area contributed by atoms with Crippen molar-refractivity contribution in [2.24, 2.45) is 10.2 Å². The van der Waals surface area contributed by atoms with E-state index in [0.29, 0.717) is 6.07 Å². The number of rotatable bonds is 6. The summed E-state index contributed by atoms with van der Waals surface area (Å²) in [5, 5.41) is 30.4. The number of phenols is 1. The molecule has 0 aliphatic rings. The van der Waals surface area contributed by atoms with E-state index < -0.39 is 40.7 Å². The average Bonchev–Trinajstić information content (AvgIpc) is 3.27. The van der Waals surface area contributed by atoms with Gasteiger partial charge in [0.1, 0.15) is 22.8 Å². The fourth-order valence-electron chi connectivity index (χ4n) is 3.03. The predicted octanol–water partition coefficient (Wildman–Crippen LogP) is 7.67. The third kappa shape index (κ3) is 5.46. The molecule has 0 saturated heterocycles. The lowest BCUT2D eigenvalue weighted by Gasteiger charge is -2.09. The van der Waals surface area contributed by atoms with Crippen LogP contribution in [-0.4, -0.2) is 21.2 Å². The van der Waals surface area contributed by atoms with Crippen LogP contribution in [0.25, 0.3) is 11.3 Å². The smallest absolute Gasteiger partial charge is 0.416 e. The lowest BCUT2D eigenvalue weighted by molar-refractivity contribution is -0.137. The third-order valence-corrected chi connectivity index (χ3v) is 5.50. The number of benzene rings is 3. The van der Waals surface area contributed by atoms with Crippen molar-refractivity contribution in [2.45, 2.75) is 6.18 Å². The molecule has 4 aromatic rings. The maximum Gasteiger partial charge on any atom is 0.416 e. The van der Waals surface area contributed by atoms with Crippen molar-refractivity contribution in [1.82, 2.24) is 4.98 Å². The molecule has 0 aliphatic heterocycles. The zero-order valence-electron chi connectivity index (χ0n) is 17.7. The third-order valence-electron chi connectivity index (χ3n) is 4.74. The number of hydrogen-bond acceptors (Lipinski definition) is 7. The molecule has 0 radical (unpaired) electrons. The Morgan fingerprint density at radius 3 is 2.50 bits per heavy atom. The average molecular weight is 520 g/mol. The Labute approximate surface area is 203 Å². The highest BCUT2D eigenvalue weighted by atomic mass is 32.1. The summed E-state index contributed by atoms with van der Waals surface area (Å²) in [6.07, 6.45) is -4.52. The number of hydrogen-bond donors (Lipinski definition) is 3. The van der Waals surface area contributed by atoms with Crippen LogP contribution in [0.4, 0.5) is 44.1 Å². The van der Waals surface area contributed by atoms with E-state index in [0.717, 1.165) is 41.7 Å². The SMILES string of the molecule is O=C(O)c1cc(/N=N/c2cc(-c3csc(Nc4cccc(C(F)(F)F)c4)n3)c(F)cc2F)ccc1O. The van der Waals surface area contributed by atoms with Gasteiger partial charge >= 0.3 is 12.1 Å². The van der Waals surface area contributed by atoms with Crippen molar-refractivity contribution in [2.75, 3.05) is 5.32 Å². The van der Waals surface area contributed by atoms with E-state index in [1.165, 1.54) is 23.6 Å². The number of thiazole rings is 1. The zero-order valence-corrected chi connectivity index (χ0v) is 18.5. The molecular weight excluding hydrogens is 507 g/mol. The molecule has 13 heteroatoms. The first-order valence-corrected chi connectivity index (χ1v) is 10.8. The Morgan fingerprint density at radius 1 is 1.00 bits per heavy atom. The fourth-order valence-corrected chi connectivity index (χ4v) is 3.76. The monoisotopic (exact) mass is 520 g/mol. The number of carboxylic acids is 1. The van der Waals surface area contributed by atoms with Gasteiger partial charge in [0.2, 0.25) is 0 Å². The summed E-state index contributed by atoms with van der Waals surface area (Å²) in [5.74, 6) is -3.90. The number of aromatic nitrogens is 1. The van der Waals surface area contributed by atoms with Crippen molar-refractivity contribution < 1.29 is 37.0 Å². The van der Waals surface area contributed by atoms with Crippen LogP contribution in [-0.2, 0) is 6.18 Å². The quantitative estimate of drug-likeness (QED) is 0.179. The number of carboxylic acid groups (broad SMARTS) is 1. The Balaban J connectivity index is 1.60. The maximum atomic E-state index is 14.5. The number of aromatic hydroxyl groups is 1. The molecule has 3 N–H and O–H groups in total. The number of anilines is 2. The highest BCUT2D eigenvalue weighted by molar-refractivity contribution is 7.14. The standard InChI is InChI=1S/C23H13F5N4O3S/c24-16-9-17(25)18(32-31-13-4-5-20(33)15(7-13)21(34)35)8-14(16)19-10-36-22(30-19)29-12-3-1-2-11(6-12)23(26,27)28/h1-10,33H,(H,29,30)(H,34,35)/b32-31+. The van der Waals surface area contributed by atoms with Crippen LogP contribution in [0.1, 0.15) is 15.9 Å². The van der Waals surface area contributed by atoms with Gasteiger partial charge in [-0.15, -0.1) is 16.5 Å². The van der Waals surface area contributed by atoms with Gasteiger partial charge in [0.15, 0.2) is 10.9 Å². The summed E-state index contributed by atoms with van der Waals surface area (Å²) >= 11 is 0.990. The molecule has 7 nitrogen and oxygen atoms in total. The predicted molar refractivity (Wildman–Crippen MR) is 121 cm³/mol. The zero-order chi connectivity index (χ0) is 26.0. The molecule has 0 fully saturated rings. The second-order valence-corrected chi connectivity index (χ2v) is 8.09. The topological polar surface area (TPSA) is 107 Å². The van der Waals surface area contributed by atoms with Crippen LogP contribution >= 0.6 is 11.3 Å². The van der Waals surface area contributed by atoms with Gasteiger partial charge < -0.3 is 15.5 Å². The van der Waals surface area contributed by atoms with Crippen molar-refractivity contribution in [3.63, 3.8) is 0 Å². The lowest BCUT2D eigenvalue weighted by atomic mass is 10.1. The first-order chi connectivity index (χ1) is 17.0. The molecule has 0 amide bonds. The summed E-state index contributed by atoms with van der Waals surface area (Å²) < 4.78 is 67.6. The molecule has 0 atom stereocenters.